The van der Waals surface area contributed by atoms with Crippen molar-refractivity contribution in [3.63, 3.8) is 0 Å². The summed E-state index contributed by atoms with van der Waals surface area (Å²) in [6.07, 6.45) is 1.12. The molecule has 2 N–H and O–H groups in total. The van der Waals surface area contributed by atoms with Crippen LogP contribution in [-0.2, 0) is 17.8 Å². The van der Waals surface area contributed by atoms with Gasteiger partial charge in [-0.05, 0) is 32.0 Å². The third kappa shape index (κ3) is 3.41. The van der Waals surface area contributed by atoms with E-state index >= 15 is 0 Å². The first-order chi connectivity index (χ1) is 11.3. The van der Waals surface area contributed by atoms with E-state index in [9.17, 15) is 0 Å². The summed E-state index contributed by atoms with van der Waals surface area (Å²) in [6.45, 7) is 9.11. The van der Waals surface area contributed by atoms with Crippen molar-refractivity contribution in [1.82, 2.24) is 4.57 Å². The third-order valence-corrected chi connectivity index (χ3v) is 4.43. The average Bonchev–Trinajstić information content (AvgIpc) is 2.91. The molecule has 0 aliphatic heterocycles. The number of nitrogens with zero attached hydrogens (tertiary/aromatic N) is 1. The van der Waals surface area contributed by atoms with Crippen LogP contribution in [0.15, 0.2) is 42.5 Å². The molecule has 0 atom stereocenters. The molecule has 23 heavy (non-hydrogen) atoms. The molecule has 0 bridgehead atoms. The van der Waals surface area contributed by atoms with Gasteiger partial charge in [0.1, 0.15) is 6.54 Å². The summed E-state index contributed by atoms with van der Waals surface area (Å²) in [5.41, 5.74) is 4.07. The van der Waals surface area contributed by atoms with Gasteiger partial charge in [-0.3, -0.25) is 0 Å². The molecule has 3 aromatic rings. The fraction of sp³-hybridized carbons (Fsp3) is 0.400. The Morgan fingerprint density at radius 1 is 1.00 bits per heavy atom. The maximum absolute atomic E-state index is 5.38. The lowest BCUT2D eigenvalue weighted by molar-refractivity contribution is -0.671. The summed E-state index contributed by atoms with van der Waals surface area (Å²) in [7, 11) is 0. The molecule has 3 heteroatoms. The smallest absolute Gasteiger partial charge is 0.101 e. The molecule has 2 aromatic carbocycles. The van der Waals surface area contributed by atoms with Gasteiger partial charge in [0.15, 0.2) is 0 Å². The highest BCUT2D eigenvalue weighted by Gasteiger charge is 2.09. The van der Waals surface area contributed by atoms with Gasteiger partial charge in [-0.2, -0.15) is 0 Å². The molecule has 1 heterocycles. The molecule has 3 rings (SSSR count). The first-order valence-electron chi connectivity index (χ1n) is 8.74. The lowest BCUT2D eigenvalue weighted by atomic mass is 10.1. The van der Waals surface area contributed by atoms with Crippen molar-refractivity contribution in [2.45, 2.75) is 33.4 Å². The number of fused-ring (bicyclic) bond motifs is 3. The SMILES string of the molecule is CCOCCC[NH2+]Cc1ccc2c(c1)c1ccccc1n2CC. The predicted octanol–water partition coefficient (Wildman–Crippen LogP) is 3.30. The van der Waals surface area contributed by atoms with E-state index in [0.29, 0.717) is 0 Å². The number of quaternary nitrogens is 1. The Morgan fingerprint density at radius 3 is 2.65 bits per heavy atom. The highest BCUT2D eigenvalue weighted by Crippen LogP contribution is 2.29. The number of benzene rings is 2. The van der Waals surface area contributed by atoms with Crippen LogP contribution in [0, 0.1) is 0 Å². The lowest BCUT2D eigenvalue weighted by Gasteiger charge is -2.05. The van der Waals surface area contributed by atoms with Gasteiger partial charge < -0.3 is 14.6 Å². The Balaban J connectivity index is 1.78. The van der Waals surface area contributed by atoms with Crippen LogP contribution in [0.2, 0.25) is 0 Å². The van der Waals surface area contributed by atoms with Crippen LogP contribution in [0.1, 0.15) is 25.8 Å². The monoisotopic (exact) mass is 311 g/mol. The number of aryl methyl sites for hydroxylation is 1. The minimum Gasteiger partial charge on any atom is -0.382 e. The van der Waals surface area contributed by atoms with Gasteiger partial charge >= 0.3 is 0 Å². The predicted molar refractivity (Wildman–Crippen MR) is 96.7 cm³/mol. The number of hydrogen-bond donors (Lipinski definition) is 1. The number of para-hydroxylation sites is 1. The van der Waals surface area contributed by atoms with Crippen molar-refractivity contribution in [3.8, 4) is 0 Å². The molecule has 0 saturated heterocycles. The molecular weight excluding hydrogens is 284 g/mol. The number of ether oxygens (including phenoxy) is 1. The van der Waals surface area contributed by atoms with E-state index in [-0.39, 0.29) is 0 Å². The molecule has 0 saturated carbocycles. The lowest BCUT2D eigenvalue weighted by Crippen LogP contribution is -2.82. The van der Waals surface area contributed by atoms with E-state index in [2.05, 4.69) is 59.3 Å². The quantitative estimate of drug-likeness (QED) is 0.636. The van der Waals surface area contributed by atoms with Gasteiger partial charge in [0.25, 0.3) is 0 Å². The molecule has 0 spiro atoms. The first kappa shape index (κ1) is 16.0. The summed E-state index contributed by atoms with van der Waals surface area (Å²) in [4.78, 5) is 0. The maximum Gasteiger partial charge on any atom is 0.101 e. The number of nitrogens with two attached hydrogens (primary N) is 1. The number of aromatic nitrogens is 1. The Bertz CT molecular complexity index is 776. The fourth-order valence-corrected chi connectivity index (χ4v) is 3.31. The van der Waals surface area contributed by atoms with E-state index in [1.54, 1.807) is 0 Å². The van der Waals surface area contributed by atoms with Crippen molar-refractivity contribution in [2.24, 2.45) is 0 Å². The summed E-state index contributed by atoms with van der Waals surface area (Å²) < 4.78 is 7.79. The molecule has 0 unspecified atom stereocenters. The van der Waals surface area contributed by atoms with Crippen molar-refractivity contribution < 1.29 is 10.1 Å². The second kappa shape index (κ2) is 7.62. The molecule has 0 aliphatic carbocycles. The Labute approximate surface area is 138 Å². The van der Waals surface area contributed by atoms with Crippen molar-refractivity contribution in [2.75, 3.05) is 19.8 Å². The van der Waals surface area contributed by atoms with Gasteiger partial charge in [-0.15, -0.1) is 0 Å². The summed E-state index contributed by atoms with van der Waals surface area (Å²) in [5.74, 6) is 0. The minimum absolute atomic E-state index is 0.818. The molecule has 0 radical (unpaired) electrons. The molecule has 0 amide bonds. The maximum atomic E-state index is 5.38. The van der Waals surface area contributed by atoms with Gasteiger partial charge in [0.2, 0.25) is 0 Å². The topological polar surface area (TPSA) is 30.8 Å². The molecule has 0 fully saturated rings. The van der Waals surface area contributed by atoms with E-state index in [1.807, 2.05) is 6.92 Å². The van der Waals surface area contributed by atoms with Crippen LogP contribution in [0.3, 0.4) is 0 Å². The van der Waals surface area contributed by atoms with Crippen molar-refractivity contribution in [1.29, 1.82) is 0 Å². The molecule has 3 nitrogen and oxygen atoms in total. The Kier molecular flexibility index (Phi) is 5.31. The van der Waals surface area contributed by atoms with Gasteiger partial charge in [0.05, 0.1) is 13.2 Å². The summed E-state index contributed by atoms with van der Waals surface area (Å²) in [5, 5.41) is 5.12. The van der Waals surface area contributed by atoms with E-state index in [4.69, 9.17) is 4.74 Å². The Hall–Kier alpha value is -1.84. The van der Waals surface area contributed by atoms with Gasteiger partial charge in [-0.25, -0.2) is 0 Å². The normalized spacial score (nSPS) is 11.6. The highest BCUT2D eigenvalue weighted by atomic mass is 16.5. The second-order valence-corrected chi connectivity index (χ2v) is 5.94. The zero-order chi connectivity index (χ0) is 16.1. The van der Waals surface area contributed by atoms with Crippen LogP contribution in [-0.4, -0.2) is 24.3 Å². The zero-order valence-corrected chi connectivity index (χ0v) is 14.2. The van der Waals surface area contributed by atoms with Crippen molar-refractivity contribution in [3.05, 3.63) is 48.0 Å². The van der Waals surface area contributed by atoms with E-state index in [1.165, 1.54) is 27.4 Å². The number of rotatable bonds is 8. The molecule has 0 aliphatic rings. The van der Waals surface area contributed by atoms with Crippen LogP contribution >= 0.6 is 0 Å². The first-order valence-corrected chi connectivity index (χ1v) is 8.74. The molecule has 1 aromatic heterocycles. The van der Waals surface area contributed by atoms with Crippen LogP contribution in [0.5, 0.6) is 0 Å². The highest BCUT2D eigenvalue weighted by molar-refractivity contribution is 6.08. The van der Waals surface area contributed by atoms with E-state index in [0.717, 1.165) is 39.3 Å². The minimum atomic E-state index is 0.818. The summed E-state index contributed by atoms with van der Waals surface area (Å²) >= 11 is 0. The van der Waals surface area contributed by atoms with Crippen LogP contribution in [0.4, 0.5) is 0 Å². The molecule has 122 valence electrons. The summed E-state index contributed by atoms with van der Waals surface area (Å²) in [6, 6.07) is 15.6. The number of hydrogen-bond acceptors (Lipinski definition) is 1. The largest absolute Gasteiger partial charge is 0.382 e. The van der Waals surface area contributed by atoms with Gasteiger partial charge in [0, 0.05) is 46.9 Å². The third-order valence-electron chi connectivity index (χ3n) is 4.43. The van der Waals surface area contributed by atoms with Crippen LogP contribution < -0.4 is 5.32 Å². The zero-order valence-electron chi connectivity index (χ0n) is 14.2. The van der Waals surface area contributed by atoms with E-state index < -0.39 is 0 Å². The molecular formula is C20H27N2O+. The van der Waals surface area contributed by atoms with Gasteiger partial charge in [-0.1, -0.05) is 24.3 Å². The Morgan fingerprint density at radius 2 is 1.83 bits per heavy atom. The van der Waals surface area contributed by atoms with Crippen molar-refractivity contribution >= 4 is 21.8 Å². The standard InChI is InChI=1S/C20H26N2O/c1-3-22-19-9-6-5-8-17(19)18-14-16(10-11-20(18)22)15-21-12-7-13-23-4-2/h5-6,8-11,14,21H,3-4,7,12-13,15H2,1-2H3/p+1. The fourth-order valence-electron chi connectivity index (χ4n) is 3.31. The second-order valence-electron chi connectivity index (χ2n) is 5.94. The average molecular weight is 311 g/mol. The van der Waals surface area contributed by atoms with Crippen LogP contribution in [0.25, 0.3) is 21.8 Å².